The summed E-state index contributed by atoms with van der Waals surface area (Å²) in [6.07, 6.45) is 1.39. The summed E-state index contributed by atoms with van der Waals surface area (Å²) in [5, 5.41) is 5.99. The van der Waals surface area contributed by atoms with Gasteiger partial charge in [-0.05, 0) is 24.6 Å². The Morgan fingerprint density at radius 1 is 1.29 bits per heavy atom. The number of imide groups is 1. The number of primary amides is 1. The van der Waals surface area contributed by atoms with Crippen LogP contribution in [-0.4, -0.2) is 41.1 Å². The summed E-state index contributed by atoms with van der Waals surface area (Å²) in [5.74, 6) is -3.39. The fourth-order valence-electron chi connectivity index (χ4n) is 4.76. The smallest absolute Gasteiger partial charge is 0.250 e. The molecule has 0 unspecified atom stereocenters. The average Bonchev–Trinajstić information content (AvgIpc) is 3.19. The van der Waals surface area contributed by atoms with Crippen molar-refractivity contribution in [2.24, 2.45) is 17.6 Å². The second-order valence-corrected chi connectivity index (χ2v) is 8.47. The third-order valence-corrected chi connectivity index (χ3v) is 6.42. The number of likely N-dealkylation sites (tertiary alicyclic amines) is 1. The Balaban J connectivity index is 1.85. The molecule has 4 amide bonds. The lowest BCUT2D eigenvalue weighted by Gasteiger charge is -2.29. The van der Waals surface area contributed by atoms with Crippen LogP contribution in [0.15, 0.2) is 22.7 Å². The number of carbonyl (C=O) groups is 4. The molecule has 28 heavy (non-hydrogen) atoms. The number of nitrogens with zero attached hydrogens (tertiary/aromatic N) is 1. The fourth-order valence-corrected chi connectivity index (χ4v) is 5.12. The van der Waals surface area contributed by atoms with Crippen molar-refractivity contribution in [3.8, 4) is 0 Å². The van der Waals surface area contributed by atoms with Crippen LogP contribution in [0.25, 0.3) is 0 Å². The van der Waals surface area contributed by atoms with Gasteiger partial charge in [-0.1, -0.05) is 29.3 Å². The van der Waals surface area contributed by atoms with Crippen LogP contribution in [0.4, 0.5) is 5.69 Å². The van der Waals surface area contributed by atoms with Gasteiger partial charge in [-0.25, -0.2) is 0 Å². The van der Waals surface area contributed by atoms with E-state index in [4.69, 9.17) is 5.73 Å². The van der Waals surface area contributed by atoms with Crippen molar-refractivity contribution >= 4 is 45.2 Å². The highest BCUT2D eigenvalue weighted by molar-refractivity contribution is 9.10. The van der Waals surface area contributed by atoms with Crippen LogP contribution in [0.3, 0.4) is 0 Å². The zero-order valence-electron chi connectivity index (χ0n) is 15.3. The number of nitrogens with one attached hydrogen (secondary N) is 2. The predicted molar refractivity (Wildman–Crippen MR) is 104 cm³/mol. The number of anilines is 1. The van der Waals surface area contributed by atoms with Gasteiger partial charge in [0.25, 0.3) is 0 Å². The molecule has 0 bridgehead atoms. The van der Waals surface area contributed by atoms with Gasteiger partial charge >= 0.3 is 0 Å². The number of halogens is 1. The minimum Gasteiger partial charge on any atom is -0.370 e. The van der Waals surface area contributed by atoms with Gasteiger partial charge in [0.2, 0.25) is 23.6 Å². The molecule has 2 fully saturated rings. The Bertz CT molecular complexity index is 904. The minimum absolute atomic E-state index is 0.125. The molecule has 4 rings (SSSR count). The van der Waals surface area contributed by atoms with Crippen LogP contribution >= 0.6 is 15.9 Å². The Labute approximate surface area is 170 Å². The van der Waals surface area contributed by atoms with Crippen LogP contribution in [-0.2, 0) is 24.7 Å². The Morgan fingerprint density at radius 2 is 2.04 bits per heavy atom. The zero-order valence-corrected chi connectivity index (χ0v) is 16.9. The maximum absolute atomic E-state index is 13.3. The molecular formula is C19H21BrN4O4. The van der Waals surface area contributed by atoms with Gasteiger partial charge in [0.15, 0.2) is 0 Å². The number of rotatable bonds is 5. The second kappa shape index (κ2) is 6.66. The van der Waals surface area contributed by atoms with E-state index in [2.05, 4.69) is 26.6 Å². The number of hydrogen-bond donors (Lipinski definition) is 3. The van der Waals surface area contributed by atoms with E-state index in [-0.39, 0.29) is 24.1 Å². The van der Waals surface area contributed by atoms with Crippen molar-refractivity contribution in [2.45, 2.75) is 37.8 Å². The second-order valence-electron chi connectivity index (χ2n) is 7.56. The fraction of sp³-hybridized carbons (Fsp3) is 0.474. The number of benzene rings is 1. The summed E-state index contributed by atoms with van der Waals surface area (Å²) < 4.78 is 0.749. The lowest BCUT2D eigenvalue weighted by atomic mass is 9.76. The van der Waals surface area contributed by atoms with Gasteiger partial charge in [-0.15, -0.1) is 0 Å². The van der Waals surface area contributed by atoms with Crippen LogP contribution in [0.5, 0.6) is 0 Å². The topological polar surface area (TPSA) is 122 Å². The SMILES string of the molecule is CCCCN1C(=O)[C@@H]2[C@H](CC(N)=O)N[C@@]3(C(=O)Nc4ccc(Br)cc43)[C@@H]2C1=O. The van der Waals surface area contributed by atoms with E-state index in [0.29, 0.717) is 24.2 Å². The molecule has 2 saturated heterocycles. The molecule has 1 spiro atoms. The lowest BCUT2D eigenvalue weighted by molar-refractivity contribution is -0.142. The van der Waals surface area contributed by atoms with Crippen LogP contribution in [0.2, 0.25) is 0 Å². The van der Waals surface area contributed by atoms with Crippen molar-refractivity contribution in [3.63, 3.8) is 0 Å². The summed E-state index contributed by atoms with van der Waals surface area (Å²) >= 11 is 3.41. The zero-order chi connectivity index (χ0) is 20.2. The maximum atomic E-state index is 13.3. The Hall–Kier alpha value is -2.26. The van der Waals surface area contributed by atoms with Crippen LogP contribution in [0.1, 0.15) is 31.7 Å². The molecule has 3 heterocycles. The lowest BCUT2D eigenvalue weighted by Crippen LogP contribution is -2.53. The monoisotopic (exact) mass is 448 g/mol. The van der Waals surface area contributed by atoms with E-state index in [0.717, 1.165) is 10.9 Å². The van der Waals surface area contributed by atoms with Gasteiger partial charge in [-0.2, -0.15) is 0 Å². The number of amides is 4. The van der Waals surface area contributed by atoms with E-state index < -0.39 is 29.3 Å². The molecule has 0 aromatic heterocycles. The van der Waals surface area contributed by atoms with Crippen molar-refractivity contribution in [2.75, 3.05) is 11.9 Å². The molecule has 1 aromatic rings. The highest BCUT2D eigenvalue weighted by atomic mass is 79.9. The van der Waals surface area contributed by atoms with Crippen molar-refractivity contribution in [3.05, 3.63) is 28.2 Å². The molecule has 9 heteroatoms. The first kappa shape index (κ1) is 19.1. The van der Waals surface area contributed by atoms with Crippen LogP contribution in [0, 0.1) is 11.8 Å². The summed E-state index contributed by atoms with van der Waals surface area (Å²) in [4.78, 5) is 52.4. The van der Waals surface area contributed by atoms with E-state index in [1.54, 1.807) is 18.2 Å². The molecule has 0 aliphatic carbocycles. The number of carbonyl (C=O) groups excluding carboxylic acids is 4. The van der Waals surface area contributed by atoms with Crippen molar-refractivity contribution in [1.29, 1.82) is 0 Å². The van der Waals surface area contributed by atoms with Crippen LogP contribution < -0.4 is 16.4 Å². The summed E-state index contributed by atoms with van der Waals surface area (Å²) in [6, 6.07) is 4.64. The number of hydrogen-bond acceptors (Lipinski definition) is 5. The average molecular weight is 449 g/mol. The van der Waals surface area contributed by atoms with E-state index >= 15 is 0 Å². The van der Waals surface area contributed by atoms with Gasteiger partial charge in [0.05, 0.1) is 11.8 Å². The summed E-state index contributed by atoms with van der Waals surface area (Å²) in [7, 11) is 0. The molecule has 148 valence electrons. The third-order valence-electron chi connectivity index (χ3n) is 5.92. The van der Waals surface area contributed by atoms with Crippen molar-refractivity contribution in [1.82, 2.24) is 10.2 Å². The summed E-state index contributed by atoms with van der Waals surface area (Å²) in [6.45, 7) is 2.29. The Morgan fingerprint density at radius 3 is 2.71 bits per heavy atom. The highest BCUT2D eigenvalue weighted by Gasteiger charge is 2.70. The molecule has 0 saturated carbocycles. The van der Waals surface area contributed by atoms with E-state index in [1.165, 1.54) is 4.90 Å². The molecule has 4 N–H and O–H groups in total. The normalized spacial score (nSPS) is 30.7. The van der Waals surface area contributed by atoms with Gasteiger partial charge in [0.1, 0.15) is 5.54 Å². The maximum Gasteiger partial charge on any atom is 0.250 e. The molecule has 8 nitrogen and oxygen atoms in total. The van der Waals surface area contributed by atoms with Gasteiger partial charge < -0.3 is 11.1 Å². The molecule has 3 aliphatic heterocycles. The van der Waals surface area contributed by atoms with Crippen molar-refractivity contribution < 1.29 is 19.2 Å². The first-order valence-corrected chi connectivity index (χ1v) is 10.1. The number of nitrogens with two attached hydrogens (primary N) is 1. The largest absolute Gasteiger partial charge is 0.370 e. The molecule has 0 radical (unpaired) electrons. The molecule has 4 atom stereocenters. The van der Waals surface area contributed by atoms with Gasteiger partial charge in [-0.3, -0.25) is 29.4 Å². The summed E-state index contributed by atoms with van der Waals surface area (Å²) in [5.41, 5.74) is 5.20. The highest BCUT2D eigenvalue weighted by Crippen LogP contribution is 2.53. The quantitative estimate of drug-likeness (QED) is 0.576. The standard InChI is InChI=1S/C19H21BrN4O4/c1-2-3-6-24-16(26)14-12(8-13(21)25)23-19(15(14)17(24)27)10-7-9(20)4-5-11(10)22-18(19)28/h4-5,7,12,14-15,23H,2-3,6,8H2,1H3,(H2,21,25)(H,22,28)/t12-,14+,15-,19+/m0/s1. The first-order valence-electron chi connectivity index (χ1n) is 9.34. The third kappa shape index (κ3) is 2.52. The first-order chi connectivity index (χ1) is 13.3. The Kier molecular flexibility index (Phi) is 4.54. The molecule has 3 aliphatic rings. The van der Waals surface area contributed by atoms with E-state index in [9.17, 15) is 19.2 Å². The van der Waals surface area contributed by atoms with E-state index in [1.807, 2.05) is 6.92 Å². The molecular weight excluding hydrogens is 428 g/mol. The van der Waals surface area contributed by atoms with Gasteiger partial charge in [0, 0.05) is 34.7 Å². The predicted octanol–water partition coefficient (Wildman–Crippen LogP) is 0.845. The minimum atomic E-state index is -1.39. The molecule has 1 aromatic carbocycles. The number of unbranched alkanes of at least 4 members (excludes halogenated alkanes) is 1. The number of fused-ring (bicyclic) bond motifs is 4.